The second-order valence-corrected chi connectivity index (χ2v) is 6.28. The summed E-state index contributed by atoms with van der Waals surface area (Å²) in [5.41, 5.74) is 0. The summed E-state index contributed by atoms with van der Waals surface area (Å²) in [6, 6.07) is 0. The zero-order valence-corrected chi connectivity index (χ0v) is 13.5. The van der Waals surface area contributed by atoms with Crippen LogP contribution in [-0.4, -0.2) is 51.9 Å². The van der Waals surface area contributed by atoms with Crippen LogP contribution in [0.3, 0.4) is 0 Å². The molecule has 1 aromatic rings. The molecule has 0 radical (unpaired) electrons. The summed E-state index contributed by atoms with van der Waals surface area (Å²) in [6.07, 6.45) is 5.68. The lowest BCUT2D eigenvalue weighted by molar-refractivity contribution is 0.0844. The molecule has 0 unspecified atom stereocenters. The number of carbonyl (C=O) groups is 2. The molecule has 0 saturated heterocycles. The molecule has 2 aliphatic rings. The summed E-state index contributed by atoms with van der Waals surface area (Å²) in [6.45, 7) is 1.94. The van der Waals surface area contributed by atoms with Crippen molar-refractivity contribution >= 4 is 12.0 Å². The van der Waals surface area contributed by atoms with E-state index in [9.17, 15) is 9.59 Å². The number of ether oxygens (including phenoxy) is 1. The number of rotatable bonds is 4. The highest BCUT2D eigenvalue weighted by Crippen LogP contribution is 2.23. The summed E-state index contributed by atoms with van der Waals surface area (Å²) in [5.74, 6) is 1.17. The first-order chi connectivity index (χ1) is 11.1. The van der Waals surface area contributed by atoms with E-state index in [1.807, 2.05) is 0 Å². The van der Waals surface area contributed by atoms with Crippen molar-refractivity contribution in [2.24, 2.45) is 5.92 Å². The molecule has 0 atom stereocenters. The van der Waals surface area contributed by atoms with Crippen molar-refractivity contribution < 1.29 is 14.3 Å². The van der Waals surface area contributed by atoms with Gasteiger partial charge in [0.1, 0.15) is 0 Å². The number of aromatic nitrogens is 3. The Morgan fingerprint density at radius 3 is 2.91 bits per heavy atom. The molecule has 1 saturated carbocycles. The Labute approximate surface area is 135 Å². The predicted octanol–water partition coefficient (Wildman–Crippen LogP) is 1.17. The van der Waals surface area contributed by atoms with Gasteiger partial charge in [-0.25, -0.2) is 4.79 Å². The van der Waals surface area contributed by atoms with Gasteiger partial charge in [-0.1, -0.05) is 19.3 Å². The molecule has 1 aliphatic heterocycles. The van der Waals surface area contributed by atoms with Gasteiger partial charge >= 0.3 is 6.09 Å². The Morgan fingerprint density at radius 1 is 1.35 bits per heavy atom. The topological polar surface area (TPSA) is 89.4 Å². The van der Waals surface area contributed by atoms with E-state index in [-0.39, 0.29) is 18.5 Å². The zero-order valence-electron chi connectivity index (χ0n) is 13.5. The molecule has 8 nitrogen and oxygen atoms in total. The van der Waals surface area contributed by atoms with Crippen molar-refractivity contribution in [2.45, 2.75) is 45.2 Å². The first kappa shape index (κ1) is 15.8. The van der Waals surface area contributed by atoms with Gasteiger partial charge in [-0.15, -0.1) is 10.2 Å². The number of nitrogens with zero attached hydrogens (tertiary/aromatic N) is 4. The van der Waals surface area contributed by atoms with Crippen LogP contribution in [0.1, 0.15) is 48.5 Å². The summed E-state index contributed by atoms with van der Waals surface area (Å²) >= 11 is 0. The molecule has 23 heavy (non-hydrogen) atoms. The molecule has 1 fully saturated rings. The highest BCUT2D eigenvalue weighted by Gasteiger charge is 2.24. The zero-order chi connectivity index (χ0) is 16.2. The lowest BCUT2D eigenvalue weighted by Crippen LogP contribution is -2.37. The van der Waals surface area contributed by atoms with Gasteiger partial charge in [0.05, 0.1) is 13.2 Å². The molecule has 2 amide bonds. The summed E-state index contributed by atoms with van der Waals surface area (Å²) in [4.78, 5) is 25.2. The van der Waals surface area contributed by atoms with E-state index in [2.05, 4.69) is 15.5 Å². The molecule has 126 valence electrons. The van der Waals surface area contributed by atoms with E-state index < -0.39 is 0 Å². The molecule has 1 aliphatic carbocycles. The Balaban J connectivity index is 1.53. The first-order valence-electron chi connectivity index (χ1n) is 8.23. The third kappa shape index (κ3) is 3.62. The van der Waals surface area contributed by atoms with Crippen molar-refractivity contribution in [3.63, 3.8) is 0 Å². The summed E-state index contributed by atoms with van der Waals surface area (Å²) in [7, 11) is 1.67. The predicted molar refractivity (Wildman–Crippen MR) is 81.7 cm³/mol. The van der Waals surface area contributed by atoms with Gasteiger partial charge in [0, 0.05) is 20.1 Å². The molecule has 8 heteroatoms. The largest absolute Gasteiger partial charge is 0.449 e. The van der Waals surface area contributed by atoms with E-state index in [0.717, 1.165) is 12.8 Å². The van der Waals surface area contributed by atoms with Gasteiger partial charge in [-0.05, 0) is 18.8 Å². The van der Waals surface area contributed by atoms with Gasteiger partial charge in [0.2, 0.25) is 5.82 Å². The second kappa shape index (κ2) is 6.97. The first-order valence-corrected chi connectivity index (χ1v) is 8.23. The molecule has 0 spiro atoms. The quantitative estimate of drug-likeness (QED) is 0.899. The van der Waals surface area contributed by atoms with Crippen LogP contribution in [-0.2, 0) is 17.8 Å². The van der Waals surface area contributed by atoms with E-state index in [1.165, 1.54) is 24.2 Å². The highest BCUT2D eigenvalue weighted by atomic mass is 16.6. The summed E-state index contributed by atoms with van der Waals surface area (Å²) < 4.78 is 7.16. The van der Waals surface area contributed by atoms with E-state index >= 15 is 0 Å². The average molecular weight is 321 g/mol. The third-order valence-electron chi connectivity index (χ3n) is 4.51. The molecule has 0 aromatic carbocycles. The maximum absolute atomic E-state index is 12.1. The fraction of sp³-hybridized carbons (Fsp3) is 0.733. The number of nitrogens with one attached hydrogen (secondary N) is 1. The summed E-state index contributed by atoms with van der Waals surface area (Å²) in [5, 5.41) is 10.6. The molecule has 2 heterocycles. The van der Waals surface area contributed by atoms with Gasteiger partial charge in [0.25, 0.3) is 5.91 Å². The standard InChI is InChI=1S/C15H23N5O3/c1-19(15(22)23-10-11-5-3-2-4-6-11)9-12-17-18-13-14(21)16-7-8-20(12)13/h11H,2-10H2,1H3,(H,16,21). The fourth-order valence-corrected chi connectivity index (χ4v) is 3.15. The van der Waals surface area contributed by atoms with Crippen molar-refractivity contribution in [1.29, 1.82) is 0 Å². The monoisotopic (exact) mass is 321 g/mol. The maximum Gasteiger partial charge on any atom is 0.409 e. The number of amides is 2. The van der Waals surface area contributed by atoms with Crippen LogP contribution in [0.5, 0.6) is 0 Å². The molecule has 0 bridgehead atoms. The highest BCUT2D eigenvalue weighted by molar-refractivity contribution is 5.91. The van der Waals surface area contributed by atoms with Gasteiger partial charge in [-0.3, -0.25) is 4.79 Å². The number of carbonyl (C=O) groups excluding carboxylic acids is 2. The van der Waals surface area contributed by atoms with Crippen molar-refractivity contribution in [2.75, 3.05) is 20.2 Å². The minimum atomic E-state index is -0.354. The fourth-order valence-electron chi connectivity index (χ4n) is 3.15. The van der Waals surface area contributed by atoms with Crippen LogP contribution >= 0.6 is 0 Å². The van der Waals surface area contributed by atoms with E-state index in [1.54, 1.807) is 11.6 Å². The van der Waals surface area contributed by atoms with Crippen molar-refractivity contribution in [3.8, 4) is 0 Å². The third-order valence-corrected chi connectivity index (χ3v) is 4.51. The Kier molecular flexibility index (Phi) is 4.78. The van der Waals surface area contributed by atoms with Crippen LogP contribution in [0.4, 0.5) is 4.79 Å². The van der Waals surface area contributed by atoms with Gasteiger partial charge in [-0.2, -0.15) is 0 Å². The van der Waals surface area contributed by atoms with Crippen LogP contribution in [0, 0.1) is 5.92 Å². The molecular weight excluding hydrogens is 298 g/mol. The normalized spacial score (nSPS) is 18.2. The number of hydrogen-bond donors (Lipinski definition) is 1. The van der Waals surface area contributed by atoms with Crippen LogP contribution in [0.2, 0.25) is 0 Å². The Bertz CT molecular complexity index is 580. The molecule has 3 rings (SSSR count). The number of fused-ring (bicyclic) bond motifs is 1. The lowest BCUT2D eigenvalue weighted by Gasteiger charge is -2.23. The average Bonchev–Trinajstić information content (AvgIpc) is 2.98. The van der Waals surface area contributed by atoms with Gasteiger partial charge < -0.3 is 19.5 Å². The van der Waals surface area contributed by atoms with Crippen LogP contribution in [0.25, 0.3) is 0 Å². The second-order valence-electron chi connectivity index (χ2n) is 6.28. The maximum atomic E-state index is 12.1. The minimum absolute atomic E-state index is 0.225. The Morgan fingerprint density at radius 2 is 2.13 bits per heavy atom. The molecule has 1 N–H and O–H groups in total. The minimum Gasteiger partial charge on any atom is -0.449 e. The van der Waals surface area contributed by atoms with Crippen molar-refractivity contribution in [1.82, 2.24) is 25.0 Å². The van der Waals surface area contributed by atoms with Crippen LogP contribution < -0.4 is 5.32 Å². The van der Waals surface area contributed by atoms with E-state index in [0.29, 0.717) is 37.3 Å². The van der Waals surface area contributed by atoms with Crippen molar-refractivity contribution in [3.05, 3.63) is 11.6 Å². The molecule has 1 aromatic heterocycles. The van der Waals surface area contributed by atoms with E-state index in [4.69, 9.17) is 4.74 Å². The smallest absolute Gasteiger partial charge is 0.409 e. The van der Waals surface area contributed by atoms with Gasteiger partial charge in [0.15, 0.2) is 5.82 Å². The van der Waals surface area contributed by atoms with Crippen LogP contribution in [0.15, 0.2) is 0 Å². The Hall–Kier alpha value is -2.12. The number of hydrogen-bond acceptors (Lipinski definition) is 5. The lowest BCUT2D eigenvalue weighted by atomic mass is 9.90. The SMILES string of the molecule is CN(Cc1nnc2n1CCNC2=O)C(=O)OCC1CCCCC1. The molecular formula is C15H23N5O3.